The summed E-state index contributed by atoms with van der Waals surface area (Å²) in [5.74, 6) is 0.0627. The summed E-state index contributed by atoms with van der Waals surface area (Å²) >= 11 is 0. The summed E-state index contributed by atoms with van der Waals surface area (Å²) in [6.07, 6.45) is 4.33. The maximum atomic E-state index is 11.5. The quantitative estimate of drug-likeness (QED) is 0.747. The van der Waals surface area contributed by atoms with Crippen molar-refractivity contribution in [3.05, 3.63) is 0 Å². The lowest BCUT2D eigenvalue weighted by molar-refractivity contribution is -0.130. The highest BCUT2D eigenvalue weighted by Gasteiger charge is 2.32. The molecule has 3 heteroatoms. The molecule has 1 rings (SSSR count). The molecule has 1 fully saturated rings. The van der Waals surface area contributed by atoms with Crippen LogP contribution >= 0.6 is 0 Å². The molecule has 1 aliphatic carbocycles. The number of hydrogen-bond donors (Lipinski definition) is 1. The maximum absolute atomic E-state index is 11.5. The zero-order valence-corrected chi connectivity index (χ0v) is 9.01. The monoisotopic (exact) mass is 197 g/mol. The summed E-state index contributed by atoms with van der Waals surface area (Å²) in [6, 6.07) is 0. The van der Waals surface area contributed by atoms with Crippen molar-refractivity contribution in [2.24, 2.45) is 17.1 Å². The molecular formula is C11H19NO2. The number of carbonyl (C=O) groups excluding carboxylic acids is 2. The molecule has 14 heavy (non-hydrogen) atoms. The second-order valence-corrected chi connectivity index (χ2v) is 4.86. The Morgan fingerprint density at radius 1 is 1.50 bits per heavy atom. The normalized spacial score (nSPS) is 23.6. The molecule has 1 aliphatic rings. The van der Waals surface area contributed by atoms with Crippen LogP contribution in [0.2, 0.25) is 0 Å². The third kappa shape index (κ3) is 2.56. The molecule has 0 aromatic rings. The van der Waals surface area contributed by atoms with Crippen molar-refractivity contribution in [2.75, 3.05) is 0 Å². The zero-order valence-electron chi connectivity index (χ0n) is 9.01. The summed E-state index contributed by atoms with van der Waals surface area (Å²) in [7, 11) is 0. The van der Waals surface area contributed by atoms with Crippen LogP contribution in [-0.2, 0) is 9.59 Å². The average Bonchev–Trinajstić information content (AvgIpc) is 2.08. The second kappa shape index (κ2) is 4.11. The van der Waals surface area contributed by atoms with Crippen LogP contribution in [0.25, 0.3) is 0 Å². The Kier molecular flexibility index (Phi) is 3.29. The molecule has 0 radical (unpaired) electrons. The molecule has 0 aliphatic heterocycles. The van der Waals surface area contributed by atoms with Crippen LogP contribution in [0, 0.1) is 11.3 Å². The summed E-state index contributed by atoms with van der Waals surface area (Å²) in [5.41, 5.74) is 4.74. The predicted octanol–water partition coefficient (Wildman–Crippen LogP) is 1.65. The Hall–Kier alpha value is -0.860. The molecule has 80 valence electrons. The highest BCUT2D eigenvalue weighted by molar-refractivity contribution is 5.84. The van der Waals surface area contributed by atoms with Gasteiger partial charge in [0.05, 0.1) is 0 Å². The van der Waals surface area contributed by atoms with Gasteiger partial charge in [-0.15, -0.1) is 0 Å². The molecule has 0 aromatic carbocycles. The standard InChI is InChI=1S/C11H19NO2/c1-11(2,10(12)14)7-8-5-3-4-6-9(8)13/h8H,3-7H2,1-2H3,(H2,12,14). The van der Waals surface area contributed by atoms with Crippen LogP contribution in [0.5, 0.6) is 0 Å². The second-order valence-electron chi connectivity index (χ2n) is 4.86. The van der Waals surface area contributed by atoms with E-state index in [2.05, 4.69) is 0 Å². The Morgan fingerprint density at radius 2 is 2.14 bits per heavy atom. The van der Waals surface area contributed by atoms with Gasteiger partial charge in [0.2, 0.25) is 5.91 Å². The largest absolute Gasteiger partial charge is 0.369 e. The number of amides is 1. The third-order valence-corrected chi connectivity index (χ3v) is 3.10. The number of rotatable bonds is 3. The molecule has 1 amide bonds. The average molecular weight is 197 g/mol. The molecule has 0 heterocycles. The minimum absolute atomic E-state index is 0.0613. The fraction of sp³-hybridized carbons (Fsp3) is 0.818. The van der Waals surface area contributed by atoms with Crippen LogP contribution in [0.4, 0.5) is 0 Å². The molecule has 3 nitrogen and oxygen atoms in total. The van der Waals surface area contributed by atoms with Gasteiger partial charge < -0.3 is 5.73 Å². The van der Waals surface area contributed by atoms with Gasteiger partial charge in [-0.3, -0.25) is 9.59 Å². The number of carbonyl (C=O) groups is 2. The maximum Gasteiger partial charge on any atom is 0.223 e. The minimum Gasteiger partial charge on any atom is -0.369 e. The Balaban J connectivity index is 2.58. The molecule has 0 saturated heterocycles. The van der Waals surface area contributed by atoms with Gasteiger partial charge in [0, 0.05) is 17.8 Å². The topological polar surface area (TPSA) is 60.2 Å². The van der Waals surface area contributed by atoms with Gasteiger partial charge in [-0.1, -0.05) is 20.3 Å². The lowest BCUT2D eigenvalue weighted by Crippen LogP contribution is -2.35. The first-order valence-electron chi connectivity index (χ1n) is 5.26. The number of Topliss-reactive ketones (excluding diaryl/α,β-unsaturated/α-hetero) is 1. The van der Waals surface area contributed by atoms with Crippen LogP contribution in [0.1, 0.15) is 46.0 Å². The van der Waals surface area contributed by atoms with Crippen LogP contribution in [0.3, 0.4) is 0 Å². The number of primary amides is 1. The molecule has 1 saturated carbocycles. The molecule has 0 bridgehead atoms. The Labute approximate surface area is 85.0 Å². The molecule has 2 N–H and O–H groups in total. The smallest absolute Gasteiger partial charge is 0.223 e. The van der Waals surface area contributed by atoms with Crippen molar-refractivity contribution >= 4 is 11.7 Å². The van der Waals surface area contributed by atoms with E-state index in [1.165, 1.54) is 0 Å². The van der Waals surface area contributed by atoms with E-state index >= 15 is 0 Å². The van der Waals surface area contributed by atoms with Crippen molar-refractivity contribution in [1.82, 2.24) is 0 Å². The minimum atomic E-state index is -0.544. The van der Waals surface area contributed by atoms with E-state index in [-0.39, 0.29) is 11.8 Å². The molecule has 1 atom stereocenters. The first-order chi connectivity index (χ1) is 6.43. The van der Waals surface area contributed by atoms with E-state index in [4.69, 9.17) is 5.73 Å². The number of ketones is 1. The Bertz CT molecular complexity index is 246. The summed E-state index contributed by atoms with van der Waals surface area (Å²) in [6.45, 7) is 3.63. The van der Waals surface area contributed by atoms with Crippen LogP contribution in [-0.4, -0.2) is 11.7 Å². The first kappa shape index (κ1) is 11.2. The fourth-order valence-electron chi connectivity index (χ4n) is 1.99. The van der Waals surface area contributed by atoms with Crippen molar-refractivity contribution in [3.8, 4) is 0 Å². The van der Waals surface area contributed by atoms with Crippen molar-refractivity contribution in [2.45, 2.75) is 46.0 Å². The molecular weight excluding hydrogens is 178 g/mol. The van der Waals surface area contributed by atoms with E-state index in [1.54, 1.807) is 0 Å². The van der Waals surface area contributed by atoms with Gasteiger partial charge in [0.1, 0.15) is 5.78 Å². The van der Waals surface area contributed by atoms with Gasteiger partial charge in [-0.2, -0.15) is 0 Å². The van der Waals surface area contributed by atoms with Gasteiger partial charge >= 0.3 is 0 Å². The SMILES string of the molecule is CC(C)(CC1CCCCC1=O)C(N)=O. The van der Waals surface area contributed by atoms with Gasteiger partial charge in [-0.05, 0) is 19.3 Å². The molecule has 0 aromatic heterocycles. The van der Waals surface area contributed by atoms with Gasteiger partial charge in [0.15, 0.2) is 0 Å². The predicted molar refractivity (Wildman–Crippen MR) is 54.6 cm³/mol. The summed E-state index contributed by atoms with van der Waals surface area (Å²) in [4.78, 5) is 22.7. The van der Waals surface area contributed by atoms with Crippen LogP contribution < -0.4 is 5.73 Å². The van der Waals surface area contributed by atoms with E-state index in [0.29, 0.717) is 18.6 Å². The highest BCUT2D eigenvalue weighted by Crippen LogP contribution is 2.32. The van der Waals surface area contributed by atoms with E-state index in [0.717, 1.165) is 19.3 Å². The summed E-state index contributed by atoms with van der Waals surface area (Å²) < 4.78 is 0. The van der Waals surface area contributed by atoms with E-state index in [1.807, 2.05) is 13.8 Å². The highest BCUT2D eigenvalue weighted by atomic mass is 16.1. The number of hydrogen-bond acceptors (Lipinski definition) is 2. The van der Waals surface area contributed by atoms with Crippen molar-refractivity contribution in [3.63, 3.8) is 0 Å². The van der Waals surface area contributed by atoms with E-state index in [9.17, 15) is 9.59 Å². The van der Waals surface area contributed by atoms with E-state index < -0.39 is 5.41 Å². The zero-order chi connectivity index (χ0) is 10.8. The van der Waals surface area contributed by atoms with Crippen molar-refractivity contribution < 1.29 is 9.59 Å². The lowest BCUT2D eigenvalue weighted by Gasteiger charge is -2.28. The Morgan fingerprint density at radius 3 is 2.64 bits per heavy atom. The van der Waals surface area contributed by atoms with Crippen molar-refractivity contribution in [1.29, 1.82) is 0 Å². The van der Waals surface area contributed by atoms with Gasteiger partial charge in [-0.25, -0.2) is 0 Å². The summed E-state index contributed by atoms with van der Waals surface area (Å²) in [5, 5.41) is 0. The first-order valence-corrected chi connectivity index (χ1v) is 5.26. The van der Waals surface area contributed by atoms with Crippen LogP contribution in [0.15, 0.2) is 0 Å². The fourth-order valence-corrected chi connectivity index (χ4v) is 1.99. The molecule has 0 spiro atoms. The van der Waals surface area contributed by atoms with Gasteiger partial charge in [0.25, 0.3) is 0 Å². The lowest BCUT2D eigenvalue weighted by atomic mass is 9.75. The molecule has 1 unspecified atom stereocenters. The number of nitrogens with two attached hydrogens (primary N) is 1. The third-order valence-electron chi connectivity index (χ3n) is 3.10.